The van der Waals surface area contributed by atoms with Crippen LogP contribution < -0.4 is 5.32 Å². The van der Waals surface area contributed by atoms with Gasteiger partial charge in [0.05, 0.1) is 6.20 Å². The van der Waals surface area contributed by atoms with Crippen LogP contribution in [0.15, 0.2) is 18.5 Å². The van der Waals surface area contributed by atoms with Gasteiger partial charge in [-0.1, -0.05) is 0 Å². The quantitative estimate of drug-likeness (QED) is 0.843. The van der Waals surface area contributed by atoms with Crippen LogP contribution in [0.5, 0.6) is 0 Å². The van der Waals surface area contributed by atoms with E-state index in [1.54, 1.807) is 25.2 Å². The van der Waals surface area contributed by atoms with Crippen molar-refractivity contribution >= 4 is 5.91 Å². The lowest BCUT2D eigenvalue weighted by atomic mass is 10.1. The summed E-state index contributed by atoms with van der Waals surface area (Å²) in [5.74, 6) is -0.275. The minimum Gasteiger partial charge on any atom is -0.349 e. The number of carbonyl (C=O) groups excluding carboxylic acids is 1. The van der Waals surface area contributed by atoms with Gasteiger partial charge in [-0.25, -0.2) is 4.39 Å². The third kappa shape index (κ3) is 4.48. The lowest BCUT2D eigenvalue weighted by Crippen LogP contribution is -2.28. The molecule has 0 saturated carbocycles. The van der Waals surface area contributed by atoms with Crippen molar-refractivity contribution in [3.63, 3.8) is 0 Å². The summed E-state index contributed by atoms with van der Waals surface area (Å²) in [6.45, 7) is 2.48. The highest BCUT2D eigenvalue weighted by molar-refractivity contribution is 5.75. The molecule has 0 aliphatic carbocycles. The molecule has 1 aromatic rings. The number of rotatable bonds is 5. The van der Waals surface area contributed by atoms with Crippen LogP contribution >= 0.6 is 0 Å². The third-order valence-corrected chi connectivity index (χ3v) is 2.51. The normalized spacial score (nSPS) is 12.2. The number of hydrogen-bond donors (Lipinski definition) is 1. The minimum atomic E-state index is -0.347. The van der Waals surface area contributed by atoms with Gasteiger partial charge in [0.15, 0.2) is 0 Å². The zero-order chi connectivity index (χ0) is 12.8. The Bertz CT molecular complexity index is 382. The number of halogens is 1. The summed E-state index contributed by atoms with van der Waals surface area (Å²) in [7, 11) is 3.45. The fraction of sp³-hybridized carbons (Fsp3) is 0.500. The Labute approximate surface area is 101 Å². The summed E-state index contributed by atoms with van der Waals surface area (Å²) >= 11 is 0. The molecule has 1 rings (SSSR count). The highest BCUT2D eigenvalue weighted by Gasteiger charge is 2.08. The molecule has 0 aliphatic heterocycles. The molecule has 1 heterocycles. The van der Waals surface area contributed by atoms with Gasteiger partial charge < -0.3 is 10.2 Å². The maximum atomic E-state index is 12.9. The molecule has 1 unspecified atom stereocenters. The van der Waals surface area contributed by atoms with Crippen molar-refractivity contribution in [2.45, 2.75) is 19.4 Å². The first-order chi connectivity index (χ1) is 8.00. The number of carbonyl (C=O) groups is 1. The molecule has 0 spiro atoms. The zero-order valence-electron chi connectivity index (χ0n) is 10.4. The van der Waals surface area contributed by atoms with Crippen LogP contribution in [0.4, 0.5) is 4.39 Å². The van der Waals surface area contributed by atoms with Gasteiger partial charge in [-0.15, -0.1) is 0 Å². The Kier molecular flexibility index (Phi) is 5.03. The summed E-state index contributed by atoms with van der Waals surface area (Å²) in [6, 6.07) is 1.42. The smallest absolute Gasteiger partial charge is 0.223 e. The van der Waals surface area contributed by atoms with Crippen molar-refractivity contribution in [1.29, 1.82) is 0 Å². The SMILES string of the molecule is CC(NCCC(=O)N(C)C)c1cncc(F)c1. The second-order valence-corrected chi connectivity index (χ2v) is 4.15. The topological polar surface area (TPSA) is 45.2 Å². The first-order valence-corrected chi connectivity index (χ1v) is 5.54. The molecule has 1 aromatic heterocycles. The molecule has 0 bridgehead atoms. The molecule has 0 saturated heterocycles. The fourth-order valence-corrected chi connectivity index (χ4v) is 1.40. The van der Waals surface area contributed by atoms with Gasteiger partial charge in [-0.3, -0.25) is 9.78 Å². The Balaban J connectivity index is 2.40. The van der Waals surface area contributed by atoms with Gasteiger partial charge in [0.2, 0.25) is 5.91 Å². The maximum absolute atomic E-state index is 12.9. The van der Waals surface area contributed by atoms with Crippen LogP contribution in [0.1, 0.15) is 24.9 Å². The average molecular weight is 239 g/mol. The van der Waals surface area contributed by atoms with Gasteiger partial charge in [-0.2, -0.15) is 0 Å². The van der Waals surface area contributed by atoms with E-state index in [-0.39, 0.29) is 17.8 Å². The second kappa shape index (κ2) is 6.30. The number of amides is 1. The number of nitrogens with one attached hydrogen (secondary N) is 1. The highest BCUT2D eigenvalue weighted by Crippen LogP contribution is 2.11. The molecule has 0 aliphatic rings. The molecule has 0 aromatic carbocycles. The van der Waals surface area contributed by atoms with E-state index in [0.29, 0.717) is 13.0 Å². The predicted molar refractivity (Wildman–Crippen MR) is 63.9 cm³/mol. The average Bonchev–Trinajstić information content (AvgIpc) is 2.28. The number of pyridine rings is 1. The third-order valence-electron chi connectivity index (χ3n) is 2.51. The molecule has 0 fully saturated rings. The van der Waals surface area contributed by atoms with Crippen LogP contribution in [-0.2, 0) is 4.79 Å². The Morgan fingerprint density at radius 3 is 2.82 bits per heavy atom. The fourth-order valence-electron chi connectivity index (χ4n) is 1.40. The standard InChI is InChI=1S/C12H18FN3O/c1-9(10-6-11(13)8-14-7-10)15-5-4-12(17)16(2)3/h6-9,15H,4-5H2,1-3H3. The summed E-state index contributed by atoms with van der Waals surface area (Å²) in [4.78, 5) is 16.7. The summed E-state index contributed by atoms with van der Waals surface area (Å²) in [5.41, 5.74) is 0.780. The molecule has 1 N–H and O–H groups in total. The van der Waals surface area contributed by atoms with Crippen molar-refractivity contribution in [1.82, 2.24) is 15.2 Å². The van der Waals surface area contributed by atoms with Crippen LogP contribution in [0, 0.1) is 5.82 Å². The van der Waals surface area contributed by atoms with Gasteiger partial charge >= 0.3 is 0 Å². The van der Waals surface area contributed by atoms with Crippen molar-refractivity contribution < 1.29 is 9.18 Å². The van der Waals surface area contributed by atoms with Crippen molar-refractivity contribution in [3.05, 3.63) is 29.8 Å². The van der Waals surface area contributed by atoms with E-state index in [1.165, 1.54) is 12.3 Å². The van der Waals surface area contributed by atoms with Crippen molar-refractivity contribution in [3.8, 4) is 0 Å². The highest BCUT2D eigenvalue weighted by atomic mass is 19.1. The summed E-state index contributed by atoms with van der Waals surface area (Å²) in [6.07, 6.45) is 3.22. The van der Waals surface area contributed by atoms with E-state index >= 15 is 0 Å². The molecule has 1 atom stereocenters. The minimum absolute atomic E-state index is 0.0202. The molecule has 17 heavy (non-hydrogen) atoms. The summed E-state index contributed by atoms with van der Waals surface area (Å²) in [5, 5.41) is 3.16. The molecule has 1 amide bonds. The second-order valence-electron chi connectivity index (χ2n) is 4.15. The number of hydrogen-bond acceptors (Lipinski definition) is 3. The van der Waals surface area contributed by atoms with Crippen LogP contribution in [0.3, 0.4) is 0 Å². The molecular weight excluding hydrogens is 221 g/mol. The number of aromatic nitrogens is 1. The lowest BCUT2D eigenvalue weighted by Gasteiger charge is -2.15. The van der Waals surface area contributed by atoms with E-state index in [0.717, 1.165) is 5.56 Å². The Morgan fingerprint density at radius 2 is 2.24 bits per heavy atom. The van der Waals surface area contributed by atoms with Crippen LogP contribution in [-0.4, -0.2) is 36.4 Å². The van der Waals surface area contributed by atoms with Gasteiger partial charge in [0.1, 0.15) is 5.82 Å². The predicted octanol–water partition coefficient (Wildman–Crippen LogP) is 1.35. The largest absolute Gasteiger partial charge is 0.349 e. The van der Waals surface area contributed by atoms with E-state index < -0.39 is 0 Å². The van der Waals surface area contributed by atoms with E-state index in [1.807, 2.05) is 6.92 Å². The number of nitrogens with zero attached hydrogens (tertiary/aromatic N) is 2. The van der Waals surface area contributed by atoms with Gasteiger partial charge in [0.25, 0.3) is 0 Å². The van der Waals surface area contributed by atoms with Crippen LogP contribution in [0.25, 0.3) is 0 Å². The van der Waals surface area contributed by atoms with Gasteiger partial charge in [-0.05, 0) is 18.6 Å². The van der Waals surface area contributed by atoms with Crippen LogP contribution in [0.2, 0.25) is 0 Å². The van der Waals surface area contributed by atoms with E-state index in [2.05, 4.69) is 10.3 Å². The molecular formula is C12H18FN3O. The Hall–Kier alpha value is -1.49. The van der Waals surface area contributed by atoms with E-state index in [9.17, 15) is 9.18 Å². The molecule has 5 heteroatoms. The zero-order valence-corrected chi connectivity index (χ0v) is 10.4. The maximum Gasteiger partial charge on any atom is 0.223 e. The first kappa shape index (κ1) is 13.6. The van der Waals surface area contributed by atoms with Gasteiger partial charge in [0, 0.05) is 39.3 Å². The molecule has 94 valence electrons. The van der Waals surface area contributed by atoms with Crippen molar-refractivity contribution in [2.75, 3.05) is 20.6 Å². The van der Waals surface area contributed by atoms with E-state index in [4.69, 9.17) is 0 Å². The first-order valence-electron chi connectivity index (χ1n) is 5.54. The van der Waals surface area contributed by atoms with Crippen molar-refractivity contribution in [2.24, 2.45) is 0 Å². The summed E-state index contributed by atoms with van der Waals surface area (Å²) < 4.78 is 12.9. The Morgan fingerprint density at radius 1 is 1.53 bits per heavy atom. The monoisotopic (exact) mass is 239 g/mol. The molecule has 0 radical (unpaired) electrons. The lowest BCUT2D eigenvalue weighted by molar-refractivity contribution is -0.128. The molecule has 4 nitrogen and oxygen atoms in total.